The summed E-state index contributed by atoms with van der Waals surface area (Å²) in [7, 11) is 0. The van der Waals surface area contributed by atoms with E-state index in [4.69, 9.17) is 10.5 Å². The van der Waals surface area contributed by atoms with Crippen LogP contribution in [0.3, 0.4) is 0 Å². The van der Waals surface area contributed by atoms with Crippen LogP contribution in [0.2, 0.25) is 0 Å². The van der Waals surface area contributed by atoms with E-state index in [2.05, 4.69) is 25.7 Å². The molecule has 2 saturated heterocycles. The van der Waals surface area contributed by atoms with E-state index in [9.17, 15) is 0 Å². The van der Waals surface area contributed by atoms with E-state index < -0.39 is 0 Å². The van der Waals surface area contributed by atoms with Crippen LogP contribution in [0.1, 0.15) is 33.6 Å². The third-order valence-corrected chi connectivity index (χ3v) is 4.62. The molecule has 0 saturated carbocycles. The zero-order chi connectivity index (χ0) is 11.8. The lowest BCUT2D eigenvalue weighted by Crippen LogP contribution is -2.56. The summed E-state index contributed by atoms with van der Waals surface area (Å²) in [6, 6.07) is 0. The predicted octanol–water partition coefficient (Wildman–Crippen LogP) is 1.47. The topological polar surface area (TPSA) is 38.5 Å². The molecule has 2 heterocycles. The number of likely N-dealkylation sites (tertiary alicyclic amines) is 1. The third-order valence-electron chi connectivity index (χ3n) is 4.62. The Hall–Kier alpha value is -0.120. The van der Waals surface area contributed by atoms with Crippen LogP contribution < -0.4 is 5.73 Å². The van der Waals surface area contributed by atoms with Crippen molar-refractivity contribution in [2.45, 2.75) is 39.2 Å². The van der Waals surface area contributed by atoms with Gasteiger partial charge in [0.1, 0.15) is 0 Å². The lowest BCUT2D eigenvalue weighted by molar-refractivity contribution is 0.0574. The molecule has 0 radical (unpaired) electrons. The molecule has 0 aromatic rings. The van der Waals surface area contributed by atoms with E-state index in [0.717, 1.165) is 19.8 Å². The molecule has 2 N–H and O–H groups in total. The molecule has 94 valence electrons. The standard InChI is InChI=1S/C13H26N2O/c1-12(2)5-6-15(10-12)13(3,9-14)11-4-7-16-8-11/h11H,4-10,14H2,1-3H3. The summed E-state index contributed by atoms with van der Waals surface area (Å²) in [5, 5.41) is 0. The first-order valence-corrected chi connectivity index (χ1v) is 6.51. The van der Waals surface area contributed by atoms with Crippen LogP contribution in [0, 0.1) is 11.3 Å². The van der Waals surface area contributed by atoms with E-state index in [-0.39, 0.29) is 5.54 Å². The fourth-order valence-electron chi connectivity index (χ4n) is 3.13. The molecule has 2 fully saturated rings. The molecule has 2 aliphatic heterocycles. The predicted molar refractivity (Wildman–Crippen MR) is 66.4 cm³/mol. The minimum absolute atomic E-state index is 0.143. The Labute approximate surface area is 99.3 Å². The molecule has 0 bridgehead atoms. The quantitative estimate of drug-likeness (QED) is 0.792. The highest BCUT2D eigenvalue weighted by Gasteiger charge is 2.44. The summed E-state index contributed by atoms with van der Waals surface area (Å²) in [6.45, 7) is 12.0. The van der Waals surface area contributed by atoms with Gasteiger partial charge in [-0.3, -0.25) is 4.90 Å². The Morgan fingerprint density at radius 2 is 2.25 bits per heavy atom. The van der Waals surface area contributed by atoms with Gasteiger partial charge in [-0.15, -0.1) is 0 Å². The van der Waals surface area contributed by atoms with Crippen LogP contribution in [-0.2, 0) is 4.74 Å². The zero-order valence-corrected chi connectivity index (χ0v) is 11.0. The monoisotopic (exact) mass is 226 g/mol. The third kappa shape index (κ3) is 2.13. The van der Waals surface area contributed by atoms with Gasteiger partial charge < -0.3 is 10.5 Å². The molecule has 3 heteroatoms. The Morgan fingerprint density at radius 1 is 1.50 bits per heavy atom. The summed E-state index contributed by atoms with van der Waals surface area (Å²) in [5.41, 5.74) is 6.66. The van der Waals surface area contributed by atoms with Crippen LogP contribution >= 0.6 is 0 Å². The van der Waals surface area contributed by atoms with Crippen molar-refractivity contribution in [2.24, 2.45) is 17.1 Å². The van der Waals surface area contributed by atoms with E-state index in [1.165, 1.54) is 25.9 Å². The van der Waals surface area contributed by atoms with Crippen molar-refractivity contribution in [3.05, 3.63) is 0 Å². The summed E-state index contributed by atoms with van der Waals surface area (Å²) in [5.74, 6) is 0.617. The maximum atomic E-state index is 6.06. The van der Waals surface area contributed by atoms with Crippen molar-refractivity contribution < 1.29 is 4.74 Å². The summed E-state index contributed by atoms with van der Waals surface area (Å²) < 4.78 is 5.53. The zero-order valence-electron chi connectivity index (χ0n) is 11.0. The fraction of sp³-hybridized carbons (Fsp3) is 1.00. The van der Waals surface area contributed by atoms with Gasteiger partial charge >= 0.3 is 0 Å². The smallest absolute Gasteiger partial charge is 0.0513 e. The van der Waals surface area contributed by atoms with Crippen LogP contribution in [0.4, 0.5) is 0 Å². The van der Waals surface area contributed by atoms with Crippen molar-refractivity contribution in [3.8, 4) is 0 Å². The van der Waals surface area contributed by atoms with Gasteiger partial charge in [-0.1, -0.05) is 13.8 Å². The lowest BCUT2D eigenvalue weighted by atomic mass is 9.83. The second-order valence-electron chi connectivity index (χ2n) is 6.46. The first-order chi connectivity index (χ1) is 7.48. The molecule has 0 aromatic carbocycles. The molecular weight excluding hydrogens is 200 g/mol. The van der Waals surface area contributed by atoms with Gasteiger partial charge in [0.15, 0.2) is 0 Å². The SMILES string of the molecule is CC1(C)CCN(C(C)(CN)C2CCOC2)C1. The van der Waals surface area contributed by atoms with Gasteiger partial charge in [0.05, 0.1) is 6.61 Å². The number of nitrogens with zero attached hydrogens (tertiary/aromatic N) is 1. The van der Waals surface area contributed by atoms with Crippen molar-refractivity contribution in [1.29, 1.82) is 0 Å². The largest absolute Gasteiger partial charge is 0.381 e. The Morgan fingerprint density at radius 3 is 2.69 bits per heavy atom. The van der Waals surface area contributed by atoms with E-state index in [1.54, 1.807) is 0 Å². The average Bonchev–Trinajstić information content (AvgIpc) is 2.86. The van der Waals surface area contributed by atoms with E-state index in [0.29, 0.717) is 11.3 Å². The highest BCUT2D eigenvalue weighted by Crippen LogP contribution is 2.38. The number of rotatable bonds is 3. The molecule has 2 rings (SSSR count). The first-order valence-electron chi connectivity index (χ1n) is 6.51. The molecule has 2 atom stereocenters. The Balaban J connectivity index is 2.09. The maximum absolute atomic E-state index is 6.06. The van der Waals surface area contributed by atoms with Gasteiger partial charge in [0.25, 0.3) is 0 Å². The van der Waals surface area contributed by atoms with Gasteiger partial charge in [-0.2, -0.15) is 0 Å². The van der Waals surface area contributed by atoms with Gasteiger partial charge in [0.2, 0.25) is 0 Å². The van der Waals surface area contributed by atoms with Gasteiger partial charge in [-0.05, 0) is 31.7 Å². The van der Waals surface area contributed by atoms with Gasteiger partial charge in [0, 0.05) is 31.2 Å². The normalized spacial score (nSPS) is 34.1. The number of hydrogen-bond donors (Lipinski definition) is 1. The number of hydrogen-bond acceptors (Lipinski definition) is 3. The first kappa shape index (κ1) is 12.3. The molecule has 2 unspecified atom stereocenters. The maximum Gasteiger partial charge on any atom is 0.0513 e. The van der Waals surface area contributed by atoms with Crippen LogP contribution in [0.25, 0.3) is 0 Å². The molecule has 0 aromatic heterocycles. The number of nitrogens with two attached hydrogens (primary N) is 1. The summed E-state index contributed by atoms with van der Waals surface area (Å²) in [6.07, 6.45) is 2.46. The molecule has 16 heavy (non-hydrogen) atoms. The van der Waals surface area contributed by atoms with Crippen LogP contribution in [0.5, 0.6) is 0 Å². The second kappa shape index (κ2) is 4.28. The summed E-state index contributed by atoms with van der Waals surface area (Å²) in [4.78, 5) is 2.60. The molecule has 3 nitrogen and oxygen atoms in total. The Kier molecular flexibility index (Phi) is 3.30. The molecule has 0 aliphatic carbocycles. The molecule has 0 amide bonds. The fourth-order valence-corrected chi connectivity index (χ4v) is 3.13. The number of ether oxygens (including phenoxy) is 1. The van der Waals surface area contributed by atoms with Crippen LogP contribution in [0.15, 0.2) is 0 Å². The molecule has 2 aliphatic rings. The lowest BCUT2D eigenvalue weighted by Gasteiger charge is -2.43. The van der Waals surface area contributed by atoms with Crippen molar-refractivity contribution >= 4 is 0 Å². The van der Waals surface area contributed by atoms with Crippen molar-refractivity contribution in [2.75, 3.05) is 32.8 Å². The van der Waals surface area contributed by atoms with Crippen molar-refractivity contribution in [3.63, 3.8) is 0 Å². The second-order valence-corrected chi connectivity index (χ2v) is 6.46. The minimum atomic E-state index is 0.143. The molecular formula is C13H26N2O. The highest BCUT2D eigenvalue weighted by atomic mass is 16.5. The van der Waals surface area contributed by atoms with Crippen molar-refractivity contribution in [1.82, 2.24) is 4.90 Å². The Bertz CT molecular complexity index is 248. The van der Waals surface area contributed by atoms with Crippen LogP contribution in [-0.4, -0.2) is 43.3 Å². The average molecular weight is 226 g/mol. The summed E-state index contributed by atoms with van der Waals surface area (Å²) >= 11 is 0. The van der Waals surface area contributed by atoms with Gasteiger partial charge in [-0.25, -0.2) is 0 Å². The molecule has 0 spiro atoms. The minimum Gasteiger partial charge on any atom is -0.381 e. The van der Waals surface area contributed by atoms with E-state index >= 15 is 0 Å². The highest BCUT2D eigenvalue weighted by molar-refractivity contribution is 4.99. The van der Waals surface area contributed by atoms with E-state index in [1.807, 2.05) is 0 Å².